The largest absolute Gasteiger partial charge is 0.493 e. The van der Waals surface area contributed by atoms with Gasteiger partial charge in [0.15, 0.2) is 19.8 Å². The Hall–Kier alpha value is -1.51. The van der Waals surface area contributed by atoms with E-state index in [-0.39, 0.29) is 0 Å². The Kier molecular flexibility index (Phi) is 5.38. The van der Waals surface area contributed by atoms with Gasteiger partial charge in [0.1, 0.15) is 0 Å². The maximum Gasteiger partial charge on any atom is 0.183 e. The summed E-state index contributed by atoms with van der Waals surface area (Å²) in [7, 11) is 1.82. The van der Waals surface area contributed by atoms with Crippen LogP contribution < -0.4 is 9.47 Å². The van der Waals surface area contributed by atoms with Crippen LogP contribution in [0.1, 0.15) is 30.4 Å². The summed E-state index contributed by atoms with van der Waals surface area (Å²) in [5, 5.41) is 9.86. The van der Waals surface area contributed by atoms with E-state index in [9.17, 15) is 5.26 Å². The Labute approximate surface area is 140 Å². The minimum atomic E-state index is -1.49. The molecule has 0 spiro atoms. The number of rotatable bonds is 7. The number of hydrogen-bond donors (Lipinski definition) is 0. The fourth-order valence-corrected chi connectivity index (χ4v) is 4.10. The van der Waals surface area contributed by atoms with Crippen molar-refractivity contribution in [2.75, 3.05) is 20.8 Å². The fourth-order valence-electron chi connectivity index (χ4n) is 3.34. The maximum atomic E-state index is 9.86. The highest BCUT2D eigenvalue weighted by molar-refractivity contribution is 6.69. The van der Waals surface area contributed by atoms with Gasteiger partial charge in [0.25, 0.3) is 0 Å². The van der Waals surface area contributed by atoms with Crippen molar-refractivity contribution in [3.63, 3.8) is 0 Å². The first-order chi connectivity index (χ1) is 10.9. The number of ether oxygens (including phenoxy) is 2. The van der Waals surface area contributed by atoms with Crippen LogP contribution in [-0.4, -0.2) is 29.1 Å². The van der Waals surface area contributed by atoms with Gasteiger partial charge in [-0.3, -0.25) is 0 Å². The summed E-state index contributed by atoms with van der Waals surface area (Å²) < 4.78 is 16.8. The van der Waals surface area contributed by atoms with E-state index in [1.807, 2.05) is 12.1 Å². The summed E-state index contributed by atoms with van der Waals surface area (Å²) >= 11 is 0. The number of hydrogen-bond acceptors (Lipinski definition) is 4. The lowest BCUT2D eigenvalue weighted by molar-refractivity contribution is 0.286. The third-order valence-corrected chi connectivity index (χ3v) is 5.53. The van der Waals surface area contributed by atoms with Crippen molar-refractivity contribution in [1.82, 2.24) is 0 Å². The second-order valence-corrected chi connectivity index (χ2v) is 11.6. The van der Waals surface area contributed by atoms with E-state index in [2.05, 4.69) is 25.7 Å². The van der Waals surface area contributed by atoms with E-state index < -0.39 is 13.7 Å². The molecule has 0 bridgehead atoms. The molecule has 0 aliphatic heterocycles. The van der Waals surface area contributed by atoms with Crippen molar-refractivity contribution >= 4 is 8.32 Å². The van der Waals surface area contributed by atoms with Gasteiger partial charge < -0.3 is 13.9 Å². The number of benzene rings is 1. The molecule has 4 nitrogen and oxygen atoms in total. The van der Waals surface area contributed by atoms with E-state index in [1.165, 1.54) is 0 Å². The van der Waals surface area contributed by atoms with Gasteiger partial charge in [-0.25, -0.2) is 0 Å². The molecule has 0 saturated carbocycles. The molecule has 1 aromatic rings. The predicted molar refractivity (Wildman–Crippen MR) is 93.7 cm³/mol. The minimum Gasteiger partial charge on any atom is -0.493 e. The first-order valence-corrected chi connectivity index (χ1v) is 11.6. The molecule has 1 atom stereocenters. The molecule has 0 N–H and O–H groups in total. The Bertz CT molecular complexity index is 604. The van der Waals surface area contributed by atoms with E-state index >= 15 is 0 Å². The molecule has 0 amide bonds. The Morgan fingerprint density at radius 3 is 2.52 bits per heavy atom. The molecule has 126 valence electrons. The van der Waals surface area contributed by atoms with Crippen LogP contribution in [0.5, 0.6) is 11.5 Å². The van der Waals surface area contributed by atoms with Crippen LogP contribution in [0.2, 0.25) is 19.6 Å². The molecular weight excluding hydrogens is 306 g/mol. The molecule has 23 heavy (non-hydrogen) atoms. The van der Waals surface area contributed by atoms with Crippen molar-refractivity contribution in [1.29, 1.82) is 5.26 Å². The van der Waals surface area contributed by atoms with Crippen molar-refractivity contribution in [2.45, 2.75) is 50.7 Å². The molecule has 0 heterocycles. The zero-order chi connectivity index (χ0) is 17.1. The van der Waals surface area contributed by atoms with Gasteiger partial charge >= 0.3 is 0 Å². The summed E-state index contributed by atoms with van der Waals surface area (Å²) in [6.45, 7) is 7.31. The number of nitrogens with zero attached hydrogens (tertiary/aromatic N) is 1. The lowest BCUT2D eigenvalue weighted by Crippen LogP contribution is -2.27. The van der Waals surface area contributed by atoms with E-state index in [4.69, 9.17) is 13.9 Å². The van der Waals surface area contributed by atoms with Gasteiger partial charge in [-0.05, 0) is 57.0 Å². The number of fused-ring (bicyclic) bond motifs is 1. The topological polar surface area (TPSA) is 51.5 Å². The third-order valence-electron chi connectivity index (χ3n) is 4.46. The van der Waals surface area contributed by atoms with Gasteiger partial charge in [-0.15, -0.1) is 0 Å². The van der Waals surface area contributed by atoms with Gasteiger partial charge in [0, 0.05) is 12.2 Å². The monoisotopic (exact) mass is 333 g/mol. The van der Waals surface area contributed by atoms with Crippen LogP contribution in [0.15, 0.2) is 12.1 Å². The highest BCUT2D eigenvalue weighted by Crippen LogP contribution is 2.48. The van der Waals surface area contributed by atoms with Gasteiger partial charge in [0.05, 0.1) is 25.7 Å². The van der Waals surface area contributed by atoms with Gasteiger partial charge in [-0.2, -0.15) is 5.26 Å². The first-order valence-electron chi connectivity index (χ1n) is 8.16. The van der Waals surface area contributed by atoms with Crippen LogP contribution in [-0.2, 0) is 16.3 Å². The Balaban J connectivity index is 2.19. The molecule has 1 aliphatic carbocycles. The SMILES string of the molecule is COc1ccc2c(c1OC)CCC2(C#N)CCCO[Si](C)(C)C. The fraction of sp³-hybridized carbons (Fsp3) is 0.611. The van der Waals surface area contributed by atoms with E-state index in [0.29, 0.717) is 0 Å². The molecule has 1 aromatic carbocycles. The average molecular weight is 334 g/mol. The molecule has 2 rings (SSSR count). The zero-order valence-corrected chi connectivity index (χ0v) is 15.9. The predicted octanol–water partition coefficient (Wildman–Crippen LogP) is 4.04. The molecule has 1 unspecified atom stereocenters. The standard InChI is InChI=1S/C18H27NO3Si/c1-20-16-8-7-15-14(17(16)21-2)9-11-18(15,13-19)10-6-12-22-23(3,4)5/h7-8H,6,9-12H2,1-5H3. The Morgan fingerprint density at radius 2 is 1.96 bits per heavy atom. The van der Waals surface area contributed by atoms with Crippen molar-refractivity contribution < 1.29 is 13.9 Å². The van der Waals surface area contributed by atoms with Crippen LogP contribution >= 0.6 is 0 Å². The summed E-state index contributed by atoms with van der Waals surface area (Å²) in [6.07, 6.45) is 3.44. The van der Waals surface area contributed by atoms with Crippen LogP contribution in [0, 0.1) is 11.3 Å². The van der Waals surface area contributed by atoms with Crippen molar-refractivity contribution in [3.05, 3.63) is 23.3 Å². The highest BCUT2D eigenvalue weighted by atomic mass is 28.4. The molecule has 0 saturated heterocycles. The van der Waals surface area contributed by atoms with Crippen LogP contribution in [0.4, 0.5) is 0 Å². The minimum absolute atomic E-state index is 0.419. The molecule has 0 fully saturated rings. The van der Waals surface area contributed by atoms with Crippen LogP contribution in [0.25, 0.3) is 0 Å². The lowest BCUT2D eigenvalue weighted by atomic mass is 9.79. The molecule has 5 heteroatoms. The zero-order valence-electron chi connectivity index (χ0n) is 14.9. The lowest BCUT2D eigenvalue weighted by Gasteiger charge is -2.24. The second kappa shape index (κ2) is 6.94. The summed E-state index contributed by atoms with van der Waals surface area (Å²) in [5.41, 5.74) is 1.81. The molecule has 0 radical (unpaired) electrons. The molecule has 1 aliphatic rings. The number of methoxy groups -OCH3 is 2. The molecule has 0 aromatic heterocycles. The quantitative estimate of drug-likeness (QED) is 0.558. The first kappa shape index (κ1) is 17.8. The third kappa shape index (κ3) is 3.70. The summed E-state index contributed by atoms with van der Waals surface area (Å²) in [6, 6.07) is 6.52. The summed E-state index contributed by atoms with van der Waals surface area (Å²) in [4.78, 5) is 0. The smallest absolute Gasteiger partial charge is 0.183 e. The highest BCUT2D eigenvalue weighted by Gasteiger charge is 2.40. The normalized spacial score (nSPS) is 20.0. The van der Waals surface area contributed by atoms with Crippen molar-refractivity contribution in [2.24, 2.45) is 0 Å². The van der Waals surface area contributed by atoms with Gasteiger partial charge in [0.2, 0.25) is 0 Å². The maximum absolute atomic E-state index is 9.86. The average Bonchev–Trinajstić information content (AvgIpc) is 2.89. The molecular formula is C18H27NO3Si. The van der Waals surface area contributed by atoms with Crippen molar-refractivity contribution in [3.8, 4) is 17.6 Å². The number of nitriles is 1. The van der Waals surface area contributed by atoms with Gasteiger partial charge in [-0.1, -0.05) is 6.07 Å². The Morgan fingerprint density at radius 1 is 1.22 bits per heavy atom. The van der Waals surface area contributed by atoms with E-state index in [0.717, 1.165) is 54.9 Å². The van der Waals surface area contributed by atoms with Crippen LogP contribution in [0.3, 0.4) is 0 Å². The summed E-state index contributed by atoms with van der Waals surface area (Å²) in [5.74, 6) is 1.52. The van der Waals surface area contributed by atoms with E-state index in [1.54, 1.807) is 14.2 Å². The second-order valence-electron chi connectivity index (χ2n) is 7.09.